The van der Waals surface area contributed by atoms with Gasteiger partial charge in [0.15, 0.2) is 5.96 Å². The van der Waals surface area contributed by atoms with Crippen molar-refractivity contribution in [2.75, 3.05) is 20.2 Å². The average Bonchev–Trinajstić information content (AvgIpc) is 2.97. The molecule has 2 aliphatic rings. The minimum Gasteiger partial charge on any atom is -0.376 e. The Morgan fingerprint density at radius 3 is 2.88 bits per heavy atom. The zero-order valence-electron chi connectivity index (χ0n) is 9.91. The van der Waals surface area contributed by atoms with Crippen molar-refractivity contribution in [2.45, 2.75) is 37.8 Å². The van der Waals surface area contributed by atoms with Crippen LogP contribution in [-0.2, 0) is 4.74 Å². The monoisotopic (exact) mass is 223 g/mol. The van der Waals surface area contributed by atoms with Gasteiger partial charge in [0.25, 0.3) is 0 Å². The molecule has 16 heavy (non-hydrogen) atoms. The van der Waals surface area contributed by atoms with Gasteiger partial charge in [0.2, 0.25) is 0 Å². The third-order valence-electron chi connectivity index (χ3n) is 3.09. The van der Waals surface area contributed by atoms with E-state index in [2.05, 4.69) is 27.8 Å². The highest BCUT2D eigenvalue weighted by atomic mass is 16.5. The molecule has 1 heterocycles. The van der Waals surface area contributed by atoms with Gasteiger partial charge >= 0.3 is 0 Å². The Labute approximate surface area is 97.2 Å². The van der Waals surface area contributed by atoms with E-state index >= 15 is 0 Å². The predicted molar refractivity (Wildman–Crippen MR) is 65.6 cm³/mol. The quantitative estimate of drug-likeness (QED) is 0.427. The minimum absolute atomic E-state index is 0.361. The van der Waals surface area contributed by atoms with Gasteiger partial charge in [0.1, 0.15) is 0 Å². The van der Waals surface area contributed by atoms with Crippen molar-refractivity contribution >= 4 is 5.96 Å². The van der Waals surface area contributed by atoms with E-state index in [0.717, 1.165) is 38.4 Å². The normalized spacial score (nSPS) is 26.3. The van der Waals surface area contributed by atoms with Crippen LogP contribution in [0.3, 0.4) is 0 Å². The highest BCUT2D eigenvalue weighted by Crippen LogP contribution is 2.11. The first kappa shape index (κ1) is 11.5. The van der Waals surface area contributed by atoms with E-state index in [1.54, 1.807) is 0 Å². The van der Waals surface area contributed by atoms with E-state index in [9.17, 15) is 0 Å². The van der Waals surface area contributed by atoms with Crippen LogP contribution in [0.2, 0.25) is 0 Å². The third kappa shape index (κ3) is 3.23. The second-order valence-electron chi connectivity index (χ2n) is 4.37. The zero-order chi connectivity index (χ0) is 11.2. The number of hydrogen-bond donors (Lipinski definition) is 2. The van der Waals surface area contributed by atoms with Crippen LogP contribution in [0.25, 0.3) is 0 Å². The van der Waals surface area contributed by atoms with E-state index in [1.807, 2.05) is 7.05 Å². The van der Waals surface area contributed by atoms with E-state index < -0.39 is 0 Å². The fourth-order valence-corrected chi connectivity index (χ4v) is 2.14. The molecule has 1 unspecified atom stereocenters. The summed E-state index contributed by atoms with van der Waals surface area (Å²) in [7, 11) is 1.81. The second-order valence-corrected chi connectivity index (χ2v) is 4.37. The fourth-order valence-electron chi connectivity index (χ4n) is 2.14. The molecule has 0 aromatic rings. The number of ether oxygens (including phenoxy) is 1. The molecule has 0 aromatic heterocycles. The smallest absolute Gasteiger partial charge is 0.191 e. The summed E-state index contributed by atoms with van der Waals surface area (Å²) in [6.07, 6.45) is 9.33. The van der Waals surface area contributed by atoms with Crippen molar-refractivity contribution in [3.8, 4) is 0 Å². The second kappa shape index (κ2) is 5.89. The first-order valence-electron chi connectivity index (χ1n) is 6.12. The van der Waals surface area contributed by atoms with E-state index in [4.69, 9.17) is 4.74 Å². The molecule has 0 spiro atoms. The molecule has 0 radical (unpaired) electrons. The Morgan fingerprint density at radius 2 is 2.25 bits per heavy atom. The van der Waals surface area contributed by atoms with Crippen molar-refractivity contribution < 1.29 is 4.74 Å². The molecule has 1 fully saturated rings. The molecule has 1 aliphatic heterocycles. The highest BCUT2D eigenvalue weighted by Gasteiger charge is 2.16. The van der Waals surface area contributed by atoms with Crippen molar-refractivity contribution in [2.24, 2.45) is 4.99 Å². The van der Waals surface area contributed by atoms with Crippen LogP contribution >= 0.6 is 0 Å². The number of hydrogen-bond acceptors (Lipinski definition) is 2. The van der Waals surface area contributed by atoms with Crippen LogP contribution in [-0.4, -0.2) is 38.3 Å². The van der Waals surface area contributed by atoms with Crippen LogP contribution in [0.5, 0.6) is 0 Å². The third-order valence-corrected chi connectivity index (χ3v) is 3.09. The molecule has 2 N–H and O–H groups in total. The molecule has 0 saturated carbocycles. The molecule has 2 rings (SSSR count). The molecule has 0 amide bonds. The van der Waals surface area contributed by atoms with Gasteiger partial charge < -0.3 is 15.4 Å². The molecule has 1 aliphatic carbocycles. The number of guanidine groups is 1. The summed E-state index contributed by atoms with van der Waals surface area (Å²) in [6.45, 7) is 1.77. The van der Waals surface area contributed by atoms with Crippen LogP contribution < -0.4 is 10.6 Å². The largest absolute Gasteiger partial charge is 0.376 e. The van der Waals surface area contributed by atoms with Crippen LogP contribution in [0.1, 0.15) is 25.7 Å². The van der Waals surface area contributed by atoms with Crippen molar-refractivity contribution in [3.63, 3.8) is 0 Å². The molecule has 90 valence electrons. The van der Waals surface area contributed by atoms with Crippen molar-refractivity contribution in [1.82, 2.24) is 10.6 Å². The van der Waals surface area contributed by atoms with E-state index in [1.165, 1.54) is 6.42 Å². The molecule has 1 saturated heterocycles. The summed E-state index contributed by atoms with van der Waals surface area (Å²) in [5.41, 5.74) is 0. The molecule has 0 aromatic carbocycles. The number of aliphatic imine (C=N–C) groups is 1. The van der Waals surface area contributed by atoms with Crippen LogP contribution in [0.15, 0.2) is 17.1 Å². The Kier molecular flexibility index (Phi) is 4.22. The van der Waals surface area contributed by atoms with Gasteiger partial charge in [-0.05, 0) is 25.7 Å². The summed E-state index contributed by atoms with van der Waals surface area (Å²) < 4.78 is 5.56. The molecular formula is C12H21N3O. The first-order valence-corrected chi connectivity index (χ1v) is 6.12. The van der Waals surface area contributed by atoms with Gasteiger partial charge in [-0.25, -0.2) is 0 Å². The Hall–Kier alpha value is -1.03. The molecule has 4 nitrogen and oxygen atoms in total. The van der Waals surface area contributed by atoms with Gasteiger partial charge in [-0.15, -0.1) is 0 Å². The number of nitrogens with zero attached hydrogens (tertiary/aromatic N) is 1. The summed E-state index contributed by atoms with van der Waals surface area (Å²) in [5, 5.41) is 6.73. The lowest BCUT2D eigenvalue weighted by molar-refractivity contribution is 0.113. The lowest BCUT2D eigenvalue weighted by Gasteiger charge is -2.18. The summed E-state index contributed by atoms with van der Waals surface area (Å²) in [5.74, 6) is 0.893. The van der Waals surface area contributed by atoms with E-state index in [0.29, 0.717) is 12.1 Å². The zero-order valence-corrected chi connectivity index (χ0v) is 9.91. The Morgan fingerprint density at radius 1 is 1.44 bits per heavy atom. The predicted octanol–water partition coefficient (Wildman–Crippen LogP) is 1.05. The van der Waals surface area contributed by atoms with Gasteiger partial charge in [-0.2, -0.15) is 0 Å². The van der Waals surface area contributed by atoms with Crippen molar-refractivity contribution in [1.29, 1.82) is 0 Å². The average molecular weight is 223 g/mol. The lowest BCUT2D eigenvalue weighted by Crippen LogP contribution is -2.44. The van der Waals surface area contributed by atoms with Gasteiger partial charge in [0.05, 0.1) is 6.10 Å². The Balaban J connectivity index is 1.68. The summed E-state index contributed by atoms with van der Waals surface area (Å²) in [4.78, 5) is 4.22. The maximum atomic E-state index is 5.56. The van der Waals surface area contributed by atoms with Crippen LogP contribution in [0.4, 0.5) is 0 Å². The minimum atomic E-state index is 0.361. The maximum absolute atomic E-state index is 5.56. The van der Waals surface area contributed by atoms with Gasteiger partial charge in [-0.3, -0.25) is 4.99 Å². The van der Waals surface area contributed by atoms with Crippen molar-refractivity contribution in [3.05, 3.63) is 12.2 Å². The molecular weight excluding hydrogens is 202 g/mol. The lowest BCUT2D eigenvalue weighted by atomic mass is 10.2. The number of rotatable bonds is 3. The maximum Gasteiger partial charge on any atom is 0.191 e. The summed E-state index contributed by atoms with van der Waals surface area (Å²) >= 11 is 0. The fraction of sp³-hybridized carbons (Fsp3) is 0.750. The van der Waals surface area contributed by atoms with Gasteiger partial charge in [0, 0.05) is 26.2 Å². The first-order chi connectivity index (χ1) is 7.88. The Bertz CT molecular complexity index is 261. The van der Waals surface area contributed by atoms with Crippen LogP contribution in [0, 0.1) is 0 Å². The van der Waals surface area contributed by atoms with E-state index in [-0.39, 0.29) is 0 Å². The topological polar surface area (TPSA) is 45.7 Å². The summed E-state index contributed by atoms with van der Waals surface area (Å²) in [6, 6.07) is 0.510. The molecule has 1 atom stereocenters. The standard InChI is InChI=1S/C12H21N3O/c1-13-12(15-10-5-2-3-6-10)14-9-11-7-4-8-16-11/h2-3,10-11H,4-9H2,1H3,(H2,13,14,15). The van der Waals surface area contributed by atoms with Gasteiger partial charge in [-0.1, -0.05) is 12.2 Å². The number of nitrogens with one attached hydrogen (secondary N) is 2. The SMILES string of the molecule is CN=C(NCC1CCCO1)NC1CC=CC1. The molecule has 4 heteroatoms. The highest BCUT2D eigenvalue weighted by molar-refractivity contribution is 5.80. The molecule has 0 bridgehead atoms.